The molecule has 0 aliphatic heterocycles. The van der Waals surface area contributed by atoms with Crippen LogP contribution in [-0.2, 0) is 4.74 Å². The Balaban J connectivity index is 4.27. The molecule has 0 saturated carbocycles. The number of likely N-dealkylation sites (N-methyl/N-ethyl adjacent to an activating group) is 1. The first-order valence-corrected chi connectivity index (χ1v) is 7.02. The van der Waals surface area contributed by atoms with Crippen LogP contribution in [0, 0.1) is 5.92 Å². The van der Waals surface area contributed by atoms with Gasteiger partial charge in [0.1, 0.15) is 0 Å². The van der Waals surface area contributed by atoms with Crippen LogP contribution in [-0.4, -0.2) is 25.8 Å². The first-order chi connectivity index (χ1) is 7.73. The summed E-state index contributed by atoms with van der Waals surface area (Å²) in [5.41, 5.74) is 0. The van der Waals surface area contributed by atoms with Gasteiger partial charge in [-0.15, -0.1) is 0 Å². The third-order valence-corrected chi connectivity index (χ3v) is 3.52. The number of ether oxygens (including phenoxy) is 1. The smallest absolute Gasteiger partial charge is 0.0727 e. The molecule has 0 radical (unpaired) electrons. The summed E-state index contributed by atoms with van der Waals surface area (Å²) in [4.78, 5) is 0. The van der Waals surface area contributed by atoms with Crippen LogP contribution >= 0.6 is 0 Å². The Morgan fingerprint density at radius 1 is 1.06 bits per heavy atom. The minimum Gasteiger partial charge on any atom is -0.377 e. The molecule has 1 N–H and O–H groups in total. The minimum atomic E-state index is 0.389. The Labute approximate surface area is 102 Å². The van der Waals surface area contributed by atoms with Crippen LogP contribution in [0.1, 0.15) is 59.8 Å². The topological polar surface area (TPSA) is 21.3 Å². The van der Waals surface area contributed by atoms with Crippen molar-refractivity contribution in [2.45, 2.75) is 71.9 Å². The van der Waals surface area contributed by atoms with Gasteiger partial charge in [0.25, 0.3) is 0 Å². The molecule has 2 atom stereocenters. The highest BCUT2D eigenvalue weighted by Gasteiger charge is 2.22. The van der Waals surface area contributed by atoms with Gasteiger partial charge < -0.3 is 10.1 Å². The van der Waals surface area contributed by atoms with Crippen LogP contribution in [0.2, 0.25) is 0 Å². The molecule has 2 heteroatoms. The van der Waals surface area contributed by atoms with Gasteiger partial charge >= 0.3 is 0 Å². The van der Waals surface area contributed by atoms with Gasteiger partial charge in [0, 0.05) is 12.6 Å². The number of rotatable bonds is 10. The molecule has 0 aromatic heterocycles. The van der Waals surface area contributed by atoms with Crippen molar-refractivity contribution >= 4 is 0 Å². The van der Waals surface area contributed by atoms with Crippen LogP contribution in [0.25, 0.3) is 0 Å². The lowest BCUT2D eigenvalue weighted by Crippen LogP contribution is -2.40. The maximum atomic E-state index is 5.86. The van der Waals surface area contributed by atoms with E-state index in [2.05, 4.69) is 40.1 Å². The van der Waals surface area contributed by atoms with Gasteiger partial charge in [0.05, 0.1) is 6.10 Å². The lowest BCUT2D eigenvalue weighted by molar-refractivity contribution is 0.0232. The molecule has 0 aromatic carbocycles. The summed E-state index contributed by atoms with van der Waals surface area (Å²) in [6.45, 7) is 9.72. The fourth-order valence-electron chi connectivity index (χ4n) is 2.34. The first-order valence-electron chi connectivity index (χ1n) is 7.02. The summed E-state index contributed by atoms with van der Waals surface area (Å²) < 4.78 is 5.86. The van der Waals surface area contributed by atoms with Crippen LogP contribution in [0.3, 0.4) is 0 Å². The average molecular weight is 229 g/mol. The Kier molecular flexibility index (Phi) is 10.0. The zero-order valence-corrected chi connectivity index (χ0v) is 11.9. The van der Waals surface area contributed by atoms with Gasteiger partial charge in [-0.05, 0) is 32.7 Å². The maximum absolute atomic E-state index is 5.86. The highest BCUT2D eigenvalue weighted by Crippen LogP contribution is 2.20. The molecule has 0 fully saturated rings. The van der Waals surface area contributed by atoms with E-state index in [0.29, 0.717) is 12.1 Å². The Bertz CT molecular complexity index is 140. The summed E-state index contributed by atoms with van der Waals surface area (Å²) in [5.74, 6) is 0.831. The van der Waals surface area contributed by atoms with Crippen molar-refractivity contribution in [3.63, 3.8) is 0 Å². The van der Waals surface area contributed by atoms with Gasteiger partial charge in [-0.1, -0.05) is 40.0 Å². The van der Waals surface area contributed by atoms with E-state index in [0.717, 1.165) is 12.5 Å². The number of hydrogen-bond donors (Lipinski definition) is 1. The molecule has 0 heterocycles. The molecule has 0 aliphatic rings. The largest absolute Gasteiger partial charge is 0.377 e. The molecule has 0 aliphatic carbocycles. The van der Waals surface area contributed by atoms with E-state index < -0.39 is 0 Å². The molecule has 98 valence electrons. The van der Waals surface area contributed by atoms with Crippen molar-refractivity contribution in [3.8, 4) is 0 Å². The van der Waals surface area contributed by atoms with Crippen molar-refractivity contribution in [2.24, 2.45) is 5.92 Å². The Morgan fingerprint density at radius 3 is 2.06 bits per heavy atom. The van der Waals surface area contributed by atoms with Crippen LogP contribution in [0.4, 0.5) is 0 Å². The van der Waals surface area contributed by atoms with Crippen molar-refractivity contribution in [1.29, 1.82) is 0 Å². The fraction of sp³-hybridized carbons (Fsp3) is 1.00. The summed E-state index contributed by atoms with van der Waals surface area (Å²) in [7, 11) is 2.06. The van der Waals surface area contributed by atoms with E-state index in [1.807, 2.05) is 0 Å². The molecule has 0 aromatic rings. The van der Waals surface area contributed by atoms with Gasteiger partial charge in [-0.2, -0.15) is 0 Å². The lowest BCUT2D eigenvalue weighted by Gasteiger charge is -2.29. The van der Waals surface area contributed by atoms with Crippen LogP contribution in [0.5, 0.6) is 0 Å². The molecular formula is C14H31NO. The third-order valence-electron chi connectivity index (χ3n) is 3.52. The third kappa shape index (κ3) is 5.86. The summed E-state index contributed by atoms with van der Waals surface area (Å²) in [6, 6.07) is 0.518. The van der Waals surface area contributed by atoms with E-state index >= 15 is 0 Å². The SMILES string of the molecule is CCCC(OCC)C(CC(CC)CC)NC. The van der Waals surface area contributed by atoms with E-state index in [1.54, 1.807) is 0 Å². The average Bonchev–Trinajstić information content (AvgIpc) is 2.31. The van der Waals surface area contributed by atoms with E-state index in [4.69, 9.17) is 4.74 Å². The van der Waals surface area contributed by atoms with Gasteiger partial charge in [0.2, 0.25) is 0 Å². The van der Waals surface area contributed by atoms with Crippen molar-refractivity contribution in [2.75, 3.05) is 13.7 Å². The second-order valence-corrected chi connectivity index (χ2v) is 4.60. The number of nitrogens with one attached hydrogen (secondary N) is 1. The quantitative estimate of drug-likeness (QED) is 0.618. The summed E-state index contributed by atoms with van der Waals surface area (Å²) >= 11 is 0. The van der Waals surface area contributed by atoms with Crippen molar-refractivity contribution in [1.82, 2.24) is 5.32 Å². The highest BCUT2D eigenvalue weighted by molar-refractivity contribution is 4.78. The first kappa shape index (κ1) is 15.9. The maximum Gasteiger partial charge on any atom is 0.0727 e. The Morgan fingerprint density at radius 2 is 1.69 bits per heavy atom. The predicted octanol–water partition coefficient (Wildman–Crippen LogP) is 3.61. The van der Waals surface area contributed by atoms with Crippen LogP contribution in [0.15, 0.2) is 0 Å². The number of hydrogen-bond acceptors (Lipinski definition) is 2. The molecule has 0 spiro atoms. The normalized spacial score (nSPS) is 15.4. The molecule has 16 heavy (non-hydrogen) atoms. The zero-order valence-electron chi connectivity index (χ0n) is 11.9. The van der Waals surface area contributed by atoms with E-state index in [1.165, 1.54) is 32.1 Å². The minimum absolute atomic E-state index is 0.389. The molecule has 0 amide bonds. The van der Waals surface area contributed by atoms with Crippen molar-refractivity contribution < 1.29 is 4.74 Å². The molecule has 0 rings (SSSR count). The monoisotopic (exact) mass is 229 g/mol. The van der Waals surface area contributed by atoms with Crippen LogP contribution < -0.4 is 5.32 Å². The zero-order chi connectivity index (χ0) is 12.4. The molecule has 2 nitrogen and oxygen atoms in total. The predicted molar refractivity (Wildman–Crippen MR) is 71.9 cm³/mol. The molecule has 0 bridgehead atoms. The molecular weight excluding hydrogens is 198 g/mol. The van der Waals surface area contributed by atoms with Gasteiger partial charge in [-0.3, -0.25) is 0 Å². The Hall–Kier alpha value is -0.0800. The second-order valence-electron chi connectivity index (χ2n) is 4.60. The molecule has 0 saturated heterocycles. The van der Waals surface area contributed by atoms with Gasteiger partial charge in [-0.25, -0.2) is 0 Å². The highest BCUT2D eigenvalue weighted by atomic mass is 16.5. The second kappa shape index (κ2) is 10.1. The van der Waals surface area contributed by atoms with E-state index in [-0.39, 0.29) is 0 Å². The van der Waals surface area contributed by atoms with E-state index in [9.17, 15) is 0 Å². The lowest BCUT2D eigenvalue weighted by atomic mass is 9.91. The fourth-order valence-corrected chi connectivity index (χ4v) is 2.34. The van der Waals surface area contributed by atoms with Crippen molar-refractivity contribution in [3.05, 3.63) is 0 Å². The molecule has 2 unspecified atom stereocenters. The van der Waals surface area contributed by atoms with Gasteiger partial charge in [0.15, 0.2) is 0 Å². The summed E-state index contributed by atoms with van der Waals surface area (Å²) in [5, 5.41) is 3.45. The standard InChI is InChI=1S/C14H31NO/c1-6-10-14(16-9-4)13(15-5)11-12(7-2)8-3/h12-15H,6-11H2,1-5H3. The summed E-state index contributed by atoms with van der Waals surface area (Å²) in [6.07, 6.45) is 6.55.